The zero-order valence-electron chi connectivity index (χ0n) is 11.2. The Morgan fingerprint density at radius 2 is 2.00 bits per heavy atom. The highest BCUT2D eigenvalue weighted by Gasteiger charge is 2.10. The van der Waals surface area contributed by atoms with Crippen molar-refractivity contribution in [3.8, 4) is 0 Å². The number of anilines is 1. The number of nitrogens with zero attached hydrogens (tertiary/aromatic N) is 1. The summed E-state index contributed by atoms with van der Waals surface area (Å²) in [6, 6.07) is 12.6. The van der Waals surface area contributed by atoms with Crippen molar-refractivity contribution < 1.29 is 10.0 Å². The van der Waals surface area contributed by atoms with Gasteiger partial charge in [-0.3, -0.25) is 10.1 Å². The van der Waals surface area contributed by atoms with E-state index in [0.717, 1.165) is 16.8 Å². The smallest absolute Gasteiger partial charge is 0.272 e. The third-order valence-electron chi connectivity index (χ3n) is 3.08. The summed E-state index contributed by atoms with van der Waals surface area (Å²) in [5.74, 6) is 0. The highest BCUT2D eigenvalue weighted by atomic mass is 16.6. The molecule has 2 aromatic carbocycles. The quantitative estimate of drug-likeness (QED) is 0.648. The SMILES string of the molecule is Cc1ccc(CNc2cccc(CO)c2)cc1[N+](=O)[O-]. The van der Waals surface area contributed by atoms with Gasteiger partial charge in [0.25, 0.3) is 5.69 Å². The minimum absolute atomic E-state index is 0.00841. The molecule has 20 heavy (non-hydrogen) atoms. The maximum Gasteiger partial charge on any atom is 0.272 e. The number of hydrogen-bond donors (Lipinski definition) is 2. The van der Waals surface area contributed by atoms with Crippen LogP contribution in [0.2, 0.25) is 0 Å². The molecule has 2 rings (SSSR count). The normalized spacial score (nSPS) is 10.3. The molecule has 0 aliphatic carbocycles. The highest BCUT2D eigenvalue weighted by Crippen LogP contribution is 2.20. The largest absolute Gasteiger partial charge is 0.392 e. The first-order valence-corrected chi connectivity index (χ1v) is 6.28. The van der Waals surface area contributed by atoms with Crippen molar-refractivity contribution in [3.05, 3.63) is 69.3 Å². The van der Waals surface area contributed by atoms with Gasteiger partial charge in [-0.1, -0.05) is 24.3 Å². The summed E-state index contributed by atoms with van der Waals surface area (Å²) < 4.78 is 0. The molecule has 5 nitrogen and oxygen atoms in total. The van der Waals surface area contributed by atoms with Crippen LogP contribution in [0.5, 0.6) is 0 Å². The van der Waals surface area contributed by atoms with E-state index in [2.05, 4.69) is 5.32 Å². The molecule has 0 bridgehead atoms. The van der Waals surface area contributed by atoms with E-state index < -0.39 is 0 Å². The molecule has 0 fully saturated rings. The lowest BCUT2D eigenvalue weighted by Crippen LogP contribution is -2.01. The molecule has 0 heterocycles. The topological polar surface area (TPSA) is 75.4 Å². The van der Waals surface area contributed by atoms with Gasteiger partial charge in [-0.25, -0.2) is 0 Å². The molecular formula is C15H16N2O3. The van der Waals surface area contributed by atoms with Gasteiger partial charge in [0.1, 0.15) is 0 Å². The number of benzene rings is 2. The molecule has 2 aromatic rings. The number of nitrogens with one attached hydrogen (secondary N) is 1. The van der Waals surface area contributed by atoms with Crippen molar-refractivity contribution in [2.75, 3.05) is 5.32 Å². The van der Waals surface area contributed by atoms with Gasteiger partial charge in [-0.05, 0) is 30.2 Å². The predicted octanol–water partition coefficient (Wildman–Crippen LogP) is 3.01. The first-order chi connectivity index (χ1) is 9.60. The second-order valence-corrected chi connectivity index (χ2v) is 4.59. The van der Waals surface area contributed by atoms with Crippen LogP contribution in [0.4, 0.5) is 11.4 Å². The molecule has 2 N–H and O–H groups in total. The van der Waals surface area contributed by atoms with Crippen LogP contribution in [0.15, 0.2) is 42.5 Å². The summed E-state index contributed by atoms with van der Waals surface area (Å²) >= 11 is 0. The number of hydrogen-bond acceptors (Lipinski definition) is 4. The molecule has 0 amide bonds. The molecule has 0 unspecified atom stereocenters. The molecule has 0 atom stereocenters. The van der Waals surface area contributed by atoms with Crippen LogP contribution in [0, 0.1) is 17.0 Å². The van der Waals surface area contributed by atoms with Gasteiger partial charge in [0.05, 0.1) is 11.5 Å². The molecule has 0 radical (unpaired) electrons. The maximum absolute atomic E-state index is 10.9. The van der Waals surface area contributed by atoms with Crippen molar-refractivity contribution >= 4 is 11.4 Å². The lowest BCUT2D eigenvalue weighted by atomic mass is 10.1. The summed E-state index contributed by atoms with van der Waals surface area (Å²) in [5.41, 5.74) is 3.33. The number of nitro benzene ring substituents is 1. The Bertz CT molecular complexity index is 626. The van der Waals surface area contributed by atoms with Crippen molar-refractivity contribution in [2.24, 2.45) is 0 Å². The van der Waals surface area contributed by atoms with Gasteiger partial charge in [0, 0.05) is 23.9 Å². The summed E-state index contributed by atoms with van der Waals surface area (Å²) in [6.45, 7) is 2.21. The van der Waals surface area contributed by atoms with Gasteiger partial charge in [0.2, 0.25) is 0 Å². The average molecular weight is 272 g/mol. The van der Waals surface area contributed by atoms with Crippen LogP contribution in [0.1, 0.15) is 16.7 Å². The molecule has 0 aromatic heterocycles. The van der Waals surface area contributed by atoms with E-state index in [-0.39, 0.29) is 17.2 Å². The minimum Gasteiger partial charge on any atom is -0.392 e. The number of rotatable bonds is 5. The summed E-state index contributed by atoms with van der Waals surface area (Å²) in [4.78, 5) is 10.5. The second kappa shape index (κ2) is 6.16. The summed E-state index contributed by atoms with van der Waals surface area (Å²) in [5, 5.41) is 23.1. The number of aryl methyl sites for hydroxylation is 1. The van der Waals surface area contributed by atoms with Crippen LogP contribution in [0.3, 0.4) is 0 Å². The first kappa shape index (κ1) is 14.0. The van der Waals surface area contributed by atoms with Crippen LogP contribution in [-0.4, -0.2) is 10.0 Å². The van der Waals surface area contributed by atoms with E-state index >= 15 is 0 Å². The van der Waals surface area contributed by atoms with Crippen molar-refractivity contribution in [1.29, 1.82) is 0 Å². The van der Waals surface area contributed by atoms with E-state index in [9.17, 15) is 10.1 Å². The zero-order valence-corrected chi connectivity index (χ0v) is 11.2. The molecule has 0 aliphatic heterocycles. The van der Waals surface area contributed by atoms with Crippen LogP contribution >= 0.6 is 0 Å². The number of aliphatic hydroxyl groups excluding tert-OH is 1. The second-order valence-electron chi connectivity index (χ2n) is 4.59. The van der Waals surface area contributed by atoms with E-state index in [0.29, 0.717) is 12.1 Å². The van der Waals surface area contributed by atoms with Crippen molar-refractivity contribution in [1.82, 2.24) is 0 Å². The fourth-order valence-corrected chi connectivity index (χ4v) is 1.95. The van der Waals surface area contributed by atoms with Crippen LogP contribution in [0.25, 0.3) is 0 Å². The predicted molar refractivity (Wildman–Crippen MR) is 77.5 cm³/mol. The van der Waals surface area contributed by atoms with Gasteiger partial charge in [-0.15, -0.1) is 0 Å². The Balaban J connectivity index is 2.10. The van der Waals surface area contributed by atoms with E-state index in [1.54, 1.807) is 19.1 Å². The van der Waals surface area contributed by atoms with Gasteiger partial charge in [0.15, 0.2) is 0 Å². The number of aliphatic hydroxyl groups is 1. The van der Waals surface area contributed by atoms with E-state index in [1.165, 1.54) is 0 Å². The maximum atomic E-state index is 10.9. The third-order valence-corrected chi connectivity index (χ3v) is 3.08. The lowest BCUT2D eigenvalue weighted by Gasteiger charge is -2.08. The fraction of sp³-hybridized carbons (Fsp3) is 0.200. The Hall–Kier alpha value is -2.40. The molecule has 0 spiro atoms. The summed E-state index contributed by atoms with van der Waals surface area (Å²) in [7, 11) is 0. The molecular weight excluding hydrogens is 256 g/mol. The van der Waals surface area contributed by atoms with E-state index in [1.807, 2.05) is 30.3 Å². The van der Waals surface area contributed by atoms with Crippen molar-refractivity contribution in [3.63, 3.8) is 0 Å². The van der Waals surface area contributed by atoms with E-state index in [4.69, 9.17) is 5.11 Å². The number of nitro groups is 1. The minimum atomic E-state index is -0.370. The Labute approximate surface area is 117 Å². The Morgan fingerprint density at radius 3 is 2.70 bits per heavy atom. The third kappa shape index (κ3) is 3.33. The lowest BCUT2D eigenvalue weighted by molar-refractivity contribution is -0.385. The Kier molecular flexibility index (Phi) is 4.32. The highest BCUT2D eigenvalue weighted by molar-refractivity contribution is 5.48. The molecule has 0 aliphatic rings. The van der Waals surface area contributed by atoms with Gasteiger partial charge < -0.3 is 10.4 Å². The zero-order chi connectivity index (χ0) is 14.5. The Morgan fingerprint density at radius 1 is 1.20 bits per heavy atom. The monoisotopic (exact) mass is 272 g/mol. The van der Waals surface area contributed by atoms with Crippen molar-refractivity contribution in [2.45, 2.75) is 20.1 Å². The first-order valence-electron chi connectivity index (χ1n) is 6.28. The summed E-state index contributed by atoms with van der Waals surface area (Å²) in [6.07, 6.45) is 0. The molecule has 5 heteroatoms. The van der Waals surface area contributed by atoms with Gasteiger partial charge >= 0.3 is 0 Å². The van der Waals surface area contributed by atoms with Crippen LogP contribution < -0.4 is 5.32 Å². The molecule has 0 saturated carbocycles. The van der Waals surface area contributed by atoms with Gasteiger partial charge in [-0.2, -0.15) is 0 Å². The molecule has 0 saturated heterocycles. The molecule has 104 valence electrons. The fourth-order valence-electron chi connectivity index (χ4n) is 1.95. The standard InChI is InChI=1S/C15H16N2O3/c1-11-5-6-12(8-15(11)17(19)20)9-16-14-4-2-3-13(7-14)10-18/h2-8,16,18H,9-10H2,1H3. The van der Waals surface area contributed by atoms with Crippen LogP contribution in [-0.2, 0) is 13.2 Å². The average Bonchev–Trinajstić information content (AvgIpc) is 2.46.